The van der Waals surface area contributed by atoms with E-state index < -0.39 is 0 Å². The van der Waals surface area contributed by atoms with Crippen LogP contribution in [0.4, 0.5) is 0 Å². The molecule has 90 valence electrons. The summed E-state index contributed by atoms with van der Waals surface area (Å²) in [7, 11) is 0. The van der Waals surface area contributed by atoms with Crippen molar-refractivity contribution >= 4 is 0 Å². The van der Waals surface area contributed by atoms with Crippen molar-refractivity contribution in [3.63, 3.8) is 0 Å². The zero-order chi connectivity index (χ0) is 12.0. The minimum atomic E-state index is 0.359. The third-order valence-corrected chi connectivity index (χ3v) is 3.45. The number of unbranched alkanes of at least 4 members (excludes halogenated alkanes) is 1. The van der Waals surface area contributed by atoms with E-state index in [1.165, 1.54) is 24.8 Å². The molecule has 1 unspecified atom stereocenters. The number of phenols is 1. The first-order valence-electron chi connectivity index (χ1n) is 6.37. The van der Waals surface area contributed by atoms with Gasteiger partial charge in [0.05, 0.1) is 0 Å². The van der Waals surface area contributed by atoms with Gasteiger partial charge in [0.2, 0.25) is 0 Å². The summed E-state index contributed by atoms with van der Waals surface area (Å²) in [5, 5.41) is 9.16. The van der Waals surface area contributed by atoms with Crippen LogP contribution in [0.2, 0.25) is 0 Å². The van der Waals surface area contributed by atoms with Crippen molar-refractivity contribution in [1.82, 2.24) is 0 Å². The molecule has 0 fully saturated rings. The Morgan fingerprint density at radius 2 is 1.62 bits per heavy atom. The monoisotopic (exact) mass is 220 g/mol. The van der Waals surface area contributed by atoms with Crippen LogP contribution >= 0.6 is 0 Å². The van der Waals surface area contributed by atoms with Crippen LogP contribution in [0.1, 0.15) is 45.6 Å². The van der Waals surface area contributed by atoms with Crippen LogP contribution in [0.15, 0.2) is 24.3 Å². The van der Waals surface area contributed by atoms with Crippen LogP contribution in [0, 0.1) is 11.8 Å². The number of aryl methyl sites for hydroxylation is 1. The Morgan fingerprint density at radius 3 is 2.19 bits per heavy atom. The summed E-state index contributed by atoms with van der Waals surface area (Å²) in [6.45, 7) is 6.93. The van der Waals surface area contributed by atoms with Crippen molar-refractivity contribution in [2.45, 2.75) is 46.5 Å². The van der Waals surface area contributed by atoms with Crippen molar-refractivity contribution in [1.29, 1.82) is 0 Å². The molecular weight excluding hydrogens is 196 g/mol. The van der Waals surface area contributed by atoms with Gasteiger partial charge in [0, 0.05) is 0 Å². The van der Waals surface area contributed by atoms with E-state index in [0.717, 1.165) is 18.3 Å². The molecule has 1 atom stereocenters. The zero-order valence-corrected chi connectivity index (χ0v) is 10.7. The standard InChI is InChI=1S/C15H24O/c1-12(2)13(3)6-4-5-7-14-8-10-15(16)11-9-14/h8-13,16H,4-7H2,1-3H3. The van der Waals surface area contributed by atoms with Gasteiger partial charge in [-0.25, -0.2) is 0 Å². The topological polar surface area (TPSA) is 20.2 Å². The second-order valence-corrected chi connectivity index (χ2v) is 5.13. The highest BCUT2D eigenvalue weighted by atomic mass is 16.3. The molecule has 1 N–H and O–H groups in total. The van der Waals surface area contributed by atoms with E-state index in [-0.39, 0.29) is 0 Å². The highest BCUT2D eigenvalue weighted by Crippen LogP contribution is 2.18. The second kappa shape index (κ2) is 6.57. The lowest BCUT2D eigenvalue weighted by Crippen LogP contribution is -2.03. The Morgan fingerprint density at radius 1 is 1.00 bits per heavy atom. The average molecular weight is 220 g/mol. The molecule has 0 aliphatic carbocycles. The van der Waals surface area contributed by atoms with Gasteiger partial charge in [-0.1, -0.05) is 45.7 Å². The lowest BCUT2D eigenvalue weighted by Gasteiger charge is -2.14. The number of aromatic hydroxyl groups is 1. The summed E-state index contributed by atoms with van der Waals surface area (Å²) in [6.07, 6.45) is 5.02. The SMILES string of the molecule is CC(C)C(C)CCCCc1ccc(O)cc1. The Bertz CT molecular complexity index is 287. The van der Waals surface area contributed by atoms with Crippen LogP contribution in [0.5, 0.6) is 5.75 Å². The van der Waals surface area contributed by atoms with Gasteiger partial charge < -0.3 is 5.11 Å². The number of benzene rings is 1. The molecule has 0 heterocycles. The third-order valence-electron chi connectivity index (χ3n) is 3.45. The zero-order valence-electron chi connectivity index (χ0n) is 10.7. The van der Waals surface area contributed by atoms with E-state index in [0.29, 0.717) is 5.75 Å². The van der Waals surface area contributed by atoms with E-state index in [4.69, 9.17) is 5.11 Å². The van der Waals surface area contributed by atoms with E-state index >= 15 is 0 Å². The largest absolute Gasteiger partial charge is 0.508 e. The van der Waals surface area contributed by atoms with E-state index in [9.17, 15) is 0 Å². The van der Waals surface area contributed by atoms with E-state index in [2.05, 4.69) is 20.8 Å². The van der Waals surface area contributed by atoms with Gasteiger partial charge in [-0.15, -0.1) is 0 Å². The van der Waals surface area contributed by atoms with E-state index in [1.807, 2.05) is 12.1 Å². The highest BCUT2D eigenvalue weighted by Gasteiger charge is 2.05. The van der Waals surface area contributed by atoms with Crippen LogP contribution in [-0.4, -0.2) is 5.11 Å². The summed E-state index contributed by atoms with van der Waals surface area (Å²) in [6, 6.07) is 7.57. The molecule has 0 amide bonds. The van der Waals surface area contributed by atoms with Gasteiger partial charge in [0.15, 0.2) is 0 Å². The fourth-order valence-electron chi connectivity index (χ4n) is 1.79. The van der Waals surface area contributed by atoms with E-state index in [1.54, 1.807) is 12.1 Å². The fraction of sp³-hybridized carbons (Fsp3) is 0.600. The number of hydrogen-bond donors (Lipinski definition) is 1. The van der Waals surface area contributed by atoms with Gasteiger partial charge in [0.25, 0.3) is 0 Å². The molecule has 0 aliphatic heterocycles. The van der Waals surface area contributed by atoms with Gasteiger partial charge in [-0.05, 0) is 42.4 Å². The molecule has 0 radical (unpaired) electrons. The number of phenolic OH excluding ortho intramolecular Hbond substituents is 1. The first-order chi connectivity index (χ1) is 7.59. The smallest absolute Gasteiger partial charge is 0.115 e. The second-order valence-electron chi connectivity index (χ2n) is 5.13. The predicted molar refractivity (Wildman–Crippen MR) is 69.7 cm³/mol. The quantitative estimate of drug-likeness (QED) is 0.705. The van der Waals surface area contributed by atoms with Crippen LogP contribution in [0.3, 0.4) is 0 Å². The molecule has 0 saturated heterocycles. The van der Waals surface area contributed by atoms with Gasteiger partial charge in [0.1, 0.15) is 5.75 Å². The summed E-state index contributed by atoms with van der Waals surface area (Å²) >= 11 is 0. The molecule has 0 bridgehead atoms. The van der Waals surface area contributed by atoms with Crippen molar-refractivity contribution in [2.75, 3.05) is 0 Å². The van der Waals surface area contributed by atoms with Crippen LogP contribution in [0.25, 0.3) is 0 Å². The number of hydrogen-bond acceptors (Lipinski definition) is 1. The molecule has 1 aromatic rings. The Kier molecular flexibility index (Phi) is 5.37. The molecule has 16 heavy (non-hydrogen) atoms. The molecule has 1 nitrogen and oxygen atoms in total. The summed E-state index contributed by atoms with van der Waals surface area (Å²) in [4.78, 5) is 0. The normalized spacial score (nSPS) is 13.0. The van der Waals surface area contributed by atoms with Gasteiger partial charge in [-0.2, -0.15) is 0 Å². The Hall–Kier alpha value is -0.980. The fourth-order valence-corrected chi connectivity index (χ4v) is 1.79. The first kappa shape index (κ1) is 13.1. The van der Waals surface area contributed by atoms with Crippen LogP contribution < -0.4 is 0 Å². The minimum absolute atomic E-state index is 0.359. The molecule has 1 heteroatoms. The Labute approximate surface area is 99.5 Å². The molecule has 1 rings (SSSR count). The molecular formula is C15H24O. The third kappa shape index (κ3) is 4.69. The molecule has 0 aromatic heterocycles. The summed E-state index contributed by atoms with van der Waals surface area (Å²) < 4.78 is 0. The molecule has 1 aromatic carbocycles. The maximum Gasteiger partial charge on any atom is 0.115 e. The predicted octanol–water partition coefficient (Wildman–Crippen LogP) is 4.40. The molecule has 0 aliphatic rings. The van der Waals surface area contributed by atoms with Crippen molar-refractivity contribution in [3.05, 3.63) is 29.8 Å². The molecule has 0 spiro atoms. The molecule has 0 saturated carbocycles. The van der Waals surface area contributed by atoms with Crippen molar-refractivity contribution in [3.8, 4) is 5.75 Å². The maximum absolute atomic E-state index is 9.16. The lowest BCUT2D eigenvalue weighted by molar-refractivity contribution is 0.378. The van der Waals surface area contributed by atoms with Crippen molar-refractivity contribution in [2.24, 2.45) is 11.8 Å². The minimum Gasteiger partial charge on any atom is -0.508 e. The van der Waals surface area contributed by atoms with Crippen LogP contribution in [-0.2, 0) is 6.42 Å². The van der Waals surface area contributed by atoms with Crippen molar-refractivity contribution < 1.29 is 5.11 Å². The lowest BCUT2D eigenvalue weighted by atomic mass is 9.92. The number of rotatable bonds is 6. The maximum atomic E-state index is 9.16. The highest BCUT2D eigenvalue weighted by molar-refractivity contribution is 5.25. The summed E-state index contributed by atoms with van der Waals surface area (Å²) in [5.74, 6) is 1.99. The van der Waals surface area contributed by atoms with Gasteiger partial charge >= 0.3 is 0 Å². The average Bonchev–Trinajstić information content (AvgIpc) is 2.26. The van der Waals surface area contributed by atoms with Gasteiger partial charge in [-0.3, -0.25) is 0 Å². The Balaban J connectivity index is 2.18. The first-order valence-corrected chi connectivity index (χ1v) is 6.37. The summed E-state index contributed by atoms with van der Waals surface area (Å²) in [5.41, 5.74) is 1.33.